The van der Waals surface area contributed by atoms with Crippen LogP contribution in [0.25, 0.3) is 0 Å². The summed E-state index contributed by atoms with van der Waals surface area (Å²) in [4.78, 5) is 2.47. The molecule has 0 atom stereocenters. The molecule has 0 radical (unpaired) electrons. The van der Waals surface area contributed by atoms with E-state index in [-0.39, 0.29) is 0 Å². The van der Waals surface area contributed by atoms with Gasteiger partial charge in [-0.2, -0.15) is 0 Å². The van der Waals surface area contributed by atoms with Crippen LogP contribution in [0.1, 0.15) is 24.5 Å². The molecule has 0 unspecified atom stereocenters. The standard InChI is InChI=1S/C14H21NO/c1-2-4-13-5-3-6-14(11-13)12-15-7-9-16-10-8-15/h3,5-6,11H,2,4,7-10,12H2,1H3. The number of ether oxygens (including phenoxy) is 1. The Kier molecular flexibility index (Phi) is 4.37. The summed E-state index contributed by atoms with van der Waals surface area (Å²) in [6.45, 7) is 7.20. The van der Waals surface area contributed by atoms with E-state index in [0.29, 0.717) is 0 Å². The molecule has 0 N–H and O–H groups in total. The van der Waals surface area contributed by atoms with Gasteiger partial charge < -0.3 is 4.74 Å². The minimum Gasteiger partial charge on any atom is -0.379 e. The molecule has 0 aromatic heterocycles. The van der Waals surface area contributed by atoms with E-state index in [9.17, 15) is 0 Å². The lowest BCUT2D eigenvalue weighted by Crippen LogP contribution is -2.35. The van der Waals surface area contributed by atoms with Crippen LogP contribution in [0.3, 0.4) is 0 Å². The number of hydrogen-bond donors (Lipinski definition) is 0. The number of hydrogen-bond acceptors (Lipinski definition) is 2. The maximum Gasteiger partial charge on any atom is 0.0594 e. The Bertz CT molecular complexity index is 318. The maximum absolute atomic E-state index is 5.36. The van der Waals surface area contributed by atoms with E-state index >= 15 is 0 Å². The molecule has 0 aliphatic carbocycles. The molecule has 0 amide bonds. The Labute approximate surface area is 98.2 Å². The van der Waals surface area contributed by atoms with E-state index in [2.05, 4.69) is 36.1 Å². The van der Waals surface area contributed by atoms with Crippen LogP contribution in [0, 0.1) is 0 Å². The molecule has 2 nitrogen and oxygen atoms in total. The molecular formula is C14H21NO. The molecule has 2 heteroatoms. The minimum absolute atomic E-state index is 0.884. The lowest BCUT2D eigenvalue weighted by Gasteiger charge is -2.26. The summed E-state index contributed by atoms with van der Waals surface area (Å²) in [7, 11) is 0. The van der Waals surface area contributed by atoms with Gasteiger partial charge in [0.1, 0.15) is 0 Å². The molecule has 0 spiro atoms. The topological polar surface area (TPSA) is 12.5 Å². The van der Waals surface area contributed by atoms with Gasteiger partial charge in [-0.05, 0) is 17.5 Å². The summed E-state index contributed by atoms with van der Waals surface area (Å²) in [5, 5.41) is 0. The second kappa shape index (κ2) is 6.02. The first-order valence-electron chi connectivity index (χ1n) is 6.26. The van der Waals surface area contributed by atoms with Gasteiger partial charge >= 0.3 is 0 Å². The summed E-state index contributed by atoms with van der Waals surface area (Å²) in [6, 6.07) is 8.99. The molecular weight excluding hydrogens is 198 g/mol. The summed E-state index contributed by atoms with van der Waals surface area (Å²) in [5.41, 5.74) is 2.90. The molecule has 1 saturated heterocycles. The number of nitrogens with zero attached hydrogens (tertiary/aromatic N) is 1. The Morgan fingerprint density at radius 1 is 1.19 bits per heavy atom. The first-order chi connectivity index (χ1) is 7.88. The Hall–Kier alpha value is -0.860. The summed E-state index contributed by atoms with van der Waals surface area (Å²) < 4.78 is 5.36. The highest BCUT2D eigenvalue weighted by atomic mass is 16.5. The zero-order valence-electron chi connectivity index (χ0n) is 10.1. The fraction of sp³-hybridized carbons (Fsp3) is 0.571. The van der Waals surface area contributed by atoms with Crippen LogP contribution < -0.4 is 0 Å². The summed E-state index contributed by atoms with van der Waals surface area (Å²) in [6.07, 6.45) is 2.41. The van der Waals surface area contributed by atoms with Crippen molar-refractivity contribution < 1.29 is 4.74 Å². The van der Waals surface area contributed by atoms with Crippen LogP contribution in [0.4, 0.5) is 0 Å². The second-order valence-electron chi connectivity index (χ2n) is 4.46. The van der Waals surface area contributed by atoms with Gasteiger partial charge in [0.15, 0.2) is 0 Å². The van der Waals surface area contributed by atoms with Gasteiger partial charge in [-0.15, -0.1) is 0 Å². The van der Waals surface area contributed by atoms with Gasteiger partial charge in [0, 0.05) is 19.6 Å². The molecule has 1 aromatic carbocycles. The Morgan fingerprint density at radius 2 is 1.94 bits per heavy atom. The lowest BCUT2D eigenvalue weighted by molar-refractivity contribution is 0.0342. The third kappa shape index (κ3) is 3.32. The Morgan fingerprint density at radius 3 is 2.69 bits per heavy atom. The highest BCUT2D eigenvalue weighted by Crippen LogP contribution is 2.11. The van der Waals surface area contributed by atoms with Crippen LogP contribution in [0.2, 0.25) is 0 Å². The van der Waals surface area contributed by atoms with Crippen LogP contribution in [-0.4, -0.2) is 31.2 Å². The van der Waals surface area contributed by atoms with E-state index in [0.717, 1.165) is 32.8 Å². The highest BCUT2D eigenvalue weighted by molar-refractivity contribution is 5.23. The fourth-order valence-electron chi connectivity index (χ4n) is 2.19. The third-order valence-corrected chi connectivity index (χ3v) is 3.04. The van der Waals surface area contributed by atoms with Gasteiger partial charge in [-0.25, -0.2) is 0 Å². The quantitative estimate of drug-likeness (QED) is 0.771. The number of morpholine rings is 1. The highest BCUT2D eigenvalue weighted by Gasteiger charge is 2.10. The molecule has 88 valence electrons. The van der Waals surface area contributed by atoms with Crippen LogP contribution in [0.15, 0.2) is 24.3 Å². The summed E-state index contributed by atoms with van der Waals surface area (Å²) >= 11 is 0. The normalized spacial score (nSPS) is 17.6. The number of rotatable bonds is 4. The molecule has 1 aliphatic heterocycles. The molecule has 16 heavy (non-hydrogen) atoms. The smallest absolute Gasteiger partial charge is 0.0594 e. The van der Waals surface area contributed by atoms with E-state index in [1.165, 1.54) is 24.0 Å². The second-order valence-corrected chi connectivity index (χ2v) is 4.46. The van der Waals surface area contributed by atoms with Gasteiger partial charge in [-0.3, -0.25) is 4.90 Å². The van der Waals surface area contributed by atoms with Crippen molar-refractivity contribution in [2.45, 2.75) is 26.3 Å². The zero-order chi connectivity index (χ0) is 11.2. The number of aryl methyl sites for hydroxylation is 1. The molecule has 2 rings (SSSR count). The first-order valence-corrected chi connectivity index (χ1v) is 6.26. The van der Waals surface area contributed by atoms with Crippen molar-refractivity contribution in [2.24, 2.45) is 0 Å². The molecule has 1 fully saturated rings. The van der Waals surface area contributed by atoms with Crippen molar-refractivity contribution in [2.75, 3.05) is 26.3 Å². The third-order valence-electron chi connectivity index (χ3n) is 3.04. The van der Waals surface area contributed by atoms with E-state index < -0.39 is 0 Å². The van der Waals surface area contributed by atoms with Gasteiger partial charge in [0.25, 0.3) is 0 Å². The maximum atomic E-state index is 5.36. The van der Waals surface area contributed by atoms with E-state index in [4.69, 9.17) is 4.74 Å². The van der Waals surface area contributed by atoms with Crippen LogP contribution >= 0.6 is 0 Å². The average Bonchev–Trinajstić information content (AvgIpc) is 2.31. The monoisotopic (exact) mass is 219 g/mol. The minimum atomic E-state index is 0.884. The fourth-order valence-corrected chi connectivity index (χ4v) is 2.19. The lowest BCUT2D eigenvalue weighted by atomic mass is 10.1. The molecule has 0 saturated carbocycles. The van der Waals surface area contributed by atoms with Crippen molar-refractivity contribution >= 4 is 0 Å². The van der Waals surface area contributed by atoms with Crippen LogP contribution in [0.5, 0.6) is 0 Å². The van der Waals surface area contributed by atoms with Gasteiger partial charge in [0.2, 0.25) is 0 Å². The van der Waals surface area contributed by atoms with Crippen molar-refractivity contribution in [3.63, 3.8) is 0 Å². The van der Waals surface area contributed by atoms with Crippen molar-refractivity contribution in [1.29, 1.82) is 0 Å². The van der Waals surface area contributed by atoms with Gasteiger partial charge in [0.05, 0.1) is 13.2 Å². The number of benzene rings is 1. The molecule has 1 aliphatic rings. The average molecular weight is 219 g/mol. The first kappa shape index (κ1) is 11.6. The summed E-state index contributed by atoms with van der Waals surface area (Å²) in [5.74, 6) is 0. The molecule has 1 heterocycles. The predicted molar refractivity (Wildman–Crippen MR) is 66.5 cm³/mol. The van der Waals surface area contributed by atoms with Crippen molar-refractivity contribution in [1.82, 2.24) is 4.90 Å². The predicted octanol–water partition coefficient (Wildman–Crippen LogP) is 2.47. The van der Waals surface area contributed by atoms with Gasteiger partial charge in [-0.1, -0.05) is 37.6 Å². The van der Waals surface area contributed by atoms with E-state index in [1.54, 1.807) is 0 Å². The molecule has 0 bridgehead atoms. The van der Waals surface area contributed by atoms with Crippen molar-refractivity contribution in [3.8, 4) is 0 Å². The van der Waals surface area contributed by atoms with Crippen molar-refractivity contribution in [3.05, 3.63) is 35.4 Å². The molecule has 1 aromatic rings. The van der Waals surface area contributed by atoms with E-state index in [1.807, 2.05) is 0 Å². The Balaban J connectivity index is 1.94. The SMILES string of the molecule is CCCc1cccc(CN2CCOCC2)c1. The largest absolute Gasteiger partial charge is 0.379 e. The zero-order valence-corrected chi connectivity index (χ0v) is 10.1. The van der Waals surface area contributed by atoms with Crippen LogP contribution in [-0.2, 0) is 17.7 Å².